The van der Waals surface area contributed by atoms with Crippen LogP contribution in [-0.4, -0.2) is 62.3 Å². The van der Waals surface area contributed by atoms with Crippen LogP contribution in [0.5, 0.6) is 0 Å². The number of nitrogens with zero attached hydrogens (tertiary/aromatic N) is 1. The summed E-state index contributed by atoms with van der Waals surface area (Å²) < 4.78 is 18.6. The Bertz CT molecular complexity index is 1180. The van der Waals surface area contributed by atoms with Crippen LogP contribution < -0.4 is 0 Å². The summed E-state index contributed by atoms with van der Waals surface area (Å²) in [7, 11) is 0. The van der Waals surface area contributed by atoms with Gasteiger partial charge in [0.05, 0.1) is 17.8 Å². The van der Waals surface area contributed by atoms with E-state index < -0.39 is 0 Å². The molecule has 0 amide bonds. The summed E-state index contributed by atoms with van der Waals surface area (Å²) in [5.74, 6) is -0.738. The van der Waals surface area contributed by atoms with E-state index in [0.29, 0.717) is 19.6 Å². The van der Waals surface area contributed by atoms with Gasteiger partial charge in [0.2, 0.25) is 0 Å². The van der Waals surface area contributed by atoms with Gasteiger partial charge in [0.25, 0.3) is 0 Å². The van der Waals surface area contributed by atoms with Crippen molar-refractivity contribution in [3.05, 3.63) is 67.9 Å². The lowest BCUT2D eigenvalue weighted by Gasteiger charge is -2.25. The molecule has 3 aliphatic carbocycles. The molecule has 0 spiro atoms. The van der Waals surface area contributed by atoms with Gasteiger partial charge in [-0.2, -0.15) is 0 Å². The number of ether oxygens (including phenoxy) is 3. The van der Waals surface area contributed by atoms with E-state index >= 15 is 0 Å². The fourth-order valence-corrected chi connectivity index (χ4v) is 7.36. The maximum absolute atomic E-state index is 12.9. The van der Waals surface area contributed by atoms with Crippen molar-refractivity contribution in [2.24, 2.45) is 17.8 Å². The van der Waals surface area contributed by atoms with Crippen LogP contribution in [0.25, 0.3) is 0 Å². The van der Waals surface area contributed by atoms with Crippen molar-refractivity contribution >= 4 is 40.5 Å². The Labute approximate surface area is 328 Å². The van der Waals surface area contributed by atoms with Crippen LogP contribution in [0.3, 0.4) is 0 Å². The summed E-state index contributed by atoms with van der Waals surface area (Å²) in [5, 5.41) is 0. The van der Waals surface area contributed by atoms with Crippen LogP contribution in [-0.2, 0) is 28.6 Å². The van der Waals surface area contributed by atoms with Crippen LogP contribution >= 0.6 is 22.6 Å². The molecular formula is C44H66INO6. The predicted molar refractivity (Wildman–Crippen MR) is 220 cm³/mol. The number of hydrogen-bond acceptors (Lipinski definition) is 7. The zero-order valence-electron chi connectivity index (χ0n) is 32.8. The fourth-order valence-electron chi connectivity index (χ4n) is 7.05. The van der Waals surface area contributed by atoms with E-state index in [4.69, 9.17) is 14.2 Å². The Morgan fingerprint density at radius 1 is 0.596 bits per heavy atom. The maximum atomic E-state index is 12.9. The summed E-state index contributed by atoms with van der Waals surface area (Å²) in [6.07, 6.45) is 27.3. The molecule has 0 aromatic rings. The SMILES string of the molecule is CC(C)=CCCC1=CCC(C(=O)OCCN(CCOC(=O)C2CC=C(CCC=C(C)C)CC2)CCOC(=O)C2CC=C(CC/C=C(\C)I)CC2)CC1. The molecule has 3 aliphatic rings. The van der Waals surface area contributed by atoms with Crippen molar-refractivity contribution in [1.82, 2.24) is 4.90 Å². The summed E-state index contributed by atoms with van der Waals surface area (Å²) in [4.78, 5) is 40.9. The van der Waals surface area contributed by atoms with Crippen LogP contribution in [0.4, 0.5) is 0 Å². The summed E-state index contributed by atoms with van der Waals surface area (Å²) in [5.41, 5.74) is 6.98. The van der Waals surface area contributed by atoms with Gasteiger partial charge in [-0.05, 0) is 157 Å². The minimum Gasteiger partial charge on any atom is -0.464 e. The smallest absolute Gasteiger partial charge is 0.309 e. The third-order valence-corrected chi connectivity index (χ3v) is 10.8. The van der Waals surface area contributed by atoms with Crippen molar-refractivity contribution in [2.45, 2.75) is 131 Å². The number of esters is 3. The van der Waals surface area contributed by atoms with Crippen LogP contribution in [0.2, 0.25) is 0 Å². The minimum atomic E-state index is -0.146. The van der Waals surface area contributed by atoms with E-state index in [0.717, 1.165) is 96.3 Å². The number of allylic oxidation sites excluding steroid dienone is 12. The molecule has 8 heteroatoms. The standard InChI is InChI=1S/C44H66INO6/c1-33(2)9-6-12-36-15-21-39(22-16-36)42(47)50-30-27-46(28-31-51-43(48)40-23-17-37(18-24-40)13-7-10-34(3)4)29-32-52-44(49)41-25-19-38(20-26-41)14-8-11-35(5)45/h9-11,15,17,19,39-41H,6-8,12-14,16,18,20-32H2,1-5H3/b35-11+. The minimum absolute atomic E-state index is 0.100. The average Bonchev–Trinajstić information content (AvgIpc) is 3.11. The maximum Gasteiger partial charge on any atom is 0.309 e. The van der Waals surface area contributed by atoms with Gasteiger partial charge in [-0.15, -0.1) is 0 Å². The lowest BCUT2D eigenvalue weighted by Crippen LogP contribution is -2.36. The highest BCUT2D eigenvalue weighted by atomic mass is 127. The highest BCUT2D eigenvalue weighted by molar-refractivity contribution is 14.1. The van der Waals surface area contributed by atoms with E-state index in [1.165, 1.54) is 31.4 Å². The zero-order valence-corrected chi connectivity index (χ0v) is 35.0. The molecule has 3 atom stereocenters. The van der Waals surface area contributed by atoms with Crippen LogP contribution in [0, 0.1) is 17.8 Å². The molecule has 0 saturated carbocycles. The summed E-state index contributed by atoms with van der Waals surface area (Å²) in [6.45, 7) is 12.8. The van der Waals surface area contributed by atoms with Gasteiger partial charge >= 0.3 is 17.9 Å². The first-order chi connectivity index (χ1) is 25.0. The van der Waals surface area contributed by atoms with Gasteiger partial charge < -0.3 is 14.2 Å². The van der Waals surface area contributed by atoms with Crippen molar-refractivity contribution in [3.8, 4) is 0 Å². The molecule has 7 nitrogen and oxygen atoms in total. The Morgan fingerprint density at radius 3 is 1.19 bits per heavy atom. The quantitative estimate of drug-likeness (QED) is 0.0493. The molecule has 0 heterocycles. The molecule has 0 aliphatic heterocycles. The third-order valence-electron chi connectivity index (χ3n) is 10.4. The number of rotatable bonds is 21. The zero-order chi connectivity index (χ0) is 37.7. The van der Waals surface area contributed by atoms with E-state index in [2.05, 4.69) is 98.6 Å². The molecule has 3 unspecified atom stereocenters. The molecule has 0 radical (unpaired) electrons. The first-order valence-corrected chi connectivity index (χ1v) is 20.9. The Balaban J connectivity index is 1.45. The van der Waals surface area contributed by atoms with Gasteiger partial charge in [-0.1, -0.05) is 64.3 Å². The second kappa shape index (κ2) is 24.8. The van der Waals surface area contributed by atoms with Gasteiger partial charge in [-0.25, -0.2) is 0 Å². The molecular weight excluding hydrogens is 765 g/mol. The first-order valence-electron chi connectivity index (χ1n) is 19.8. The summed E-state index contributed by atoms with van der Waals surface area (Å²) in [6, 6.07) is 0. The van der Waals surface area contributed by atoms with Gasteiger partial charge in [-0.3, -0.25) is 19.3 Å². The van der Waals surface area contributed by atoms with Gasteiger partial charge in [0, 0.05) is 19.6 Å². The highest BCUT2D eigenvalue weighted by Gasteiger charge is 2.26. The van der Waals surface area contributed by atoms with E-state index in [9.17, 15) is 14.4 Å². The van der Waals surface area contributed by atoms with Gasteiger partial charge in [0.15, 0.2) is 0 Å². The summed E-state index contributed by atoms with van der Waals surface area (Å²) >= 11 is 2.34. The van der Waals surface area contributed by atoms with Crippen molar-refractivity contribution < 1.29 is 28.6 Å². The van der Waals surface area contributed by atoms with Crippen LogP contribution in [0.15, 0.2) is 67.9 Å². The molecule has 0 bridgehead atoms. The molecule has 0 N–H and O–H groups in total. The molecule has 0 saturated heterocycles. The van der Waals surface area contributed by atoms with Crippen molar-refractivity contribution in [2.75, 3.05) is 39.5 Å². The second-order valence-corrected chi connectivity index (χ2v) is 17.0. The predicted octanol–water partition coefficient (Wildman–Crippen LogP) is 10.7. The Kier molecular flexibility index (Phi) is 20.9. The lowest BCUT2D eigenvalue weighted by atomic mass is 9.88. The van der Waals surface area contributed by atoms with Crippen LogP contribution in [0.1, 0.15) is 131 Å². The van der Waals surface area contributed by atoms with E-state index in [1.807, 2.05) is 0 Å². The van der Waals surface area contributed by atoms with E-state index in [1.54, 1.807) is 0 Å². The number of hydrogen-bond donors (Lipinski definition) is 0. The Morgan fingerprint density at radius 2 is 0.923 bits per heavy atom. The van der Waals surface area contributed by atoms with Crippen molar-refractivity contribution in [3.63, 3.8) is 0 Å². The molecule has 52 heavy (non-hydrogen) atoms. The second-order valence-electron chi connectivity index (χ2n) is 15.3. The van der Waals surface area contributed by atoms with Gasteiger partial charge in [0.1, 0.15) is 19.8 Å². The number of carbonyl (C=O) groups is 3. The lowest BCUT2D eigenvalue weighted by molar-refractivity contribution is -0.150. The normalized spacial score (nSPS) is 20.6. The van der Waals surface area contributed by atoms with E-state index in [-0.39, 0.29) is 55.5 Å². The first kappa shape index (κ1) is 43.9. The topological polar surface area (TPSA) is 82.1 Å². The Hall–Kier alpha value is -2.46. The molecule has 3 rings (SSSR count). The highest BCUT2D eigenvalue weighted by Crippen LogP contribution is 2.30. The largest absolute Gasteiger partial charge is 0.464 e. The molecule has 0 aromatic heterocycles. The van der Waals surface area contributed by atoms with Crippen molar-refractivity contribution in [1.29, 1.82) is 0 Å². The monoisotopic (exact) mass is 831 g/mol. The molecule has 290 valence electrons. The average molecular weight is 832 g/mol. The number of carbonyl (C=O) groups excluding carboxylic acids is 3. The third kappa shape index (κ3) is 18.0. The number of halogens is 1. The molecule has 0 fully saturated rings. The fraction of sp³-hybridized carbons (Fsp3) is 0.659. The molecule has 0 aromatic carbocycles.